The Kier molecular flexibility index (Phi) is 6.66. The van der Waals surface area contributed by atoms with E-state index in [-0.39, 0.29) is 17.6 Å². The summed E-state index contributed by atoms with van der Waals surface area (Å²) in [6, 6.07) is 14.2. The quantitative estimate of drug-likeness (QED) is 0.774. The third kappa shape index (κ3) is 4.79. The lowest BCUT2D eigenvalue weighted by Crippen LogP contribution is -2.49. The van der Waals surface area contributed by atoms with Crippen LogP contribution in [0.2, 0.25) is 0 Å². The number of anilines is 1. The first-order chi connectivity index (χ1) is 15.1. The van der Waals surface area contributed by atoms with Crippen molar-refractivity contribution in [1.82, 2.24) is 10.2 Å². The topological polar surface area (TPSA) is 52.7 Å². The summed E-state index contributed by atoms with van der Waals surface area (Å²) in [5.74, 6) is 0.152. The van der Waals surface area contributed by atoms with Crippen molar-refractivity contribution in [3.05, 3.63) is 65.5 Å². The molecule has 1 saturated heterocycles. The lowest BCUT2D eigenvalue weighted by Gasteiger charge is -2.32. The van der Waals surface area contributed by atoms with Gasteiger partial charge < -0.3 is 5.32 Å². The van der Waals surface area contributed by atoms with E-state index in [1.54, 1.807) is 11.0 Å². The number of carbonyl (C=O) groups excluding carboxylic acids is 2. The highest BCUT2D eigenvalue weighted by Gasteiger charge is 2.37. The van der Waals surface area contributed by atoms with Crippen LogP contribution in [0.5, 0.6) is 0 Å². The zero-order valence-electron chi connectivity index (χ0n) is 18.0. The molecule has 1 fully saturated rings. The van der Waals surface area contributed by atoms with Gasteiger partial charge in [-0.2, -0.15) is 0 Å². The molecule has 0 bridgehead atoms. The molecule has 5 nitrogen and oxygen atoms in total. The second kappa shape index (κ2) is 9.60. The molecule has 2 heterocycles. The summed E-state index contributed by atoms with van der Waals surface area (Å²) in [7, 11) is 0. The van der Waals surface area contributed by atoms with Crippen LogP contribution in [0.3, 0.4) is 0 Å². The molecule has 2 amide bonds. The number of nitrogens with zero attached hydrogens (tertiary/aromatic N) is 2. The van der Waals surface area contributed by atoms with Crippen molar-refractivity contribution < 1.29 is 14.0 Å². The minimum Gasteiger partial charge on any atom is -0.354 e. The lowest BCUT2D eigenvalue weighted by atomic mass is 9.96. The number of hydrogen-bond acceptors (Lipinski definition) is 3. The third-order valence-corrected chi connectivity index (χ3v) is 6.47. The van der Waals surface area contributed by atoms with E-state index >= 15 is 0 Å². The number of piperidine rings is 1. The van der Waals surface area contributed by atoms with Crippen molar-refractivity contribution >= 4 is 17.5 Å². The summed E-state index contributed by atoms with van der Waals surface area (Å²) in [4.78, 5) is 29.4. The standard InChI is InChI=1S/C25H30FN3O2/c1-2-24(30)29-22-10-6-4-7-19(22)15-23(29)25(31)27-16-18-11-13-28(14-12-18)17-20-8-3-5-9-21(20)26/h3-10,18,23H,2,11-17H2,1H3,(H,27,31)/t23-/m1/s1. The number of fused-ring (bicyclic) bond motifs is 1. The minimum absolute atomic E-state index is 0.0217. The highest BCUT2D eigenvalue weighted by Crippen LogP contribution is 2.32. The fourth-order valence-corrected chi connectivity index (χ4v) is 4.65. The molecule has 6 heteroatoms. The molecule has 0 unspecified atom stereocenters. The Morgan fingerprint density at radius 3 is 2.52 bits per heavy atom. The maximum atomic E-state index is 13.9. The normalized spacial score (nSPS) is 19.3. The lowest BCUT2D eigenvalue weighted by molar-refractivity contribution is -0.126. The van der Waals surface area contributed by atoms with Gasteiger partial charge in [-0.25, -0.2) is 4.39 Å². The summed E-state index contributed by atoms with van der Waals surface area (Å²) in [6.07, 6.45) is 2.88. The van der Waals surface area contributed by atoms with Crippen LogP contribution in [-0.2, 0) is 22.6 Å². The Bertz CT molecular complexity index is 940. The molecule has 0 spiro atoms. The van der Waals surface area contributed by atoms with Crippen LogP contribution in [-0.4, -0.2) is 42.4 Å². The Hall–Kier alpha value is -2.73. The van der Waals surface area contributed by atoms with Gasteiger partial charge in [-0.15, -0.1) is 0 Å². The van der Waals surface area contributed by atoms with Gasteiger partial charge in [-0.1, -0.05) is 43.3 Å². The summed E-state index contributed by atoms with van der Waals surface area (Å²) < 4.78 is 13.9. The highest BCUT2D eigenvalue weighted by atomic mass is 19.1. The van der Waals surface area contributed by atoms with Crippen LogP contribution in [0, 0.1) is 11.7 Å². The smallest absolute Gasteiger partial charge is 0.243 e. The van der Waals surface area contributed by atoms with Gasteiger partial charge in [-0.05, 0) is 49.5 Å². The Labute approximate surface area is 183 Å². The first kappa shape index (κ1) is 21.5. The van der Waals surface area contributed by atoms with E-state index < -0.39 is 6.04 Å². The van der Waals surface area contributed by atoms with Gasteiger partial charge in [0.2, 0.25) is 11.8 Å². The summed E-state index contributed by atoms with van der Waals surface area (Å²) >= 11 is 0. The molecule has 2 aromatic carbocycles. The van der Waals surface area contributed by atoms with Gasteiger partial charge in [0.1, 0.15) is 11.9 Å². The Morgan fingerprint density at radius 1 is 1.06 bits per heavy atom. The van der Waals surface area contributed by atoms with Crippen molar-refractivity contribution in [3.8, 4) is 0 Å². The first-order valence-corrected chi connectivity index (χ1v) is 11.2. The highest BCUT2D eigenvalue weighted by molar-refractivity contribution is 6.03. The molecule has 1 atom stereocenters. The Morgan fingerprint density at radius 2 is 1.77 bits per heavy atom. The summed E-state index contributed by atoms with van der Waals surface area (Å²) in [5.41, 5.74) is 2.64. The van der Waals surface area contributed by atoms with Gasteiger partial charge in [0.25, 0.3) is 0 Å². The van der Waals surface area contributed by atoms with Crippen LogP contribution in [0.25, 0.3) is 0 Å². The molecular formula is C25H30FN3O2. The van der Waals surface area contributed by atoms with E-state index in [1.165, 1.54) is 6.07 Å². The van der Waals surface area contributed by atoms with Crippen molar-refractivity contribution in [1.29, 1.82) is 0 Å². The number of rotatable bonds is 6. The average Bonchev–Trinajstić information content (AvgIpc) is 3.19. The van der Waals surface area contributed by atoms with Gasteiger partial charge >= 0.3 is 0 Å². The zero-order valence-corrected chi connectivity index (χ0v) is 18.0. The zero-order chi connectivity index (χ0) is 21.8. The van der Waals surface area contributed by atoms with E-state index in [9.17, 15) is 14.0 Å². The second-order valence-corrected chi connectivity index (χ2v) is 8.52. The molecule has 31 heavy (non-hydrogen) atoms. The molecule has 1 N–H and O–H groups in total. The number of para-hydroxylation sites is 1. The van der Waals surface area contributed by atoms with Gasteiger partial charge in [0.15, 0.2) is 0 Å². The van der Waals surface area contributed by atoms with Crippen LogP contribution >= 0.6 is 0 Å². The molecule has 2 aliphatic heterocycles. The summed E-state index contributed by atoms with van der Waals surface area (Å²) in [6.45, 7) is 4.86. The minimum atomic E-state index is -0.467. The molecule has 2 aliphatic rings. The number of halogens is 1. The van der Waals surface area contributed by atoms with E-state index in [0.29, 0.717) is 31.8 Å². The molecule has 2 aromatic rings. The van der Waals surface area contributed by atoms with Crippen LogP contribution in [0.15, 0.2) is 48.5 Å². The Balaban J connectivity index is 1.29. The van der Waals surface area contributed by atoms with E-state index in [0.717, 1.165) is 42.7 Å². The largest absolute Gasteiger partial charge is 0.354 e. The number of carbonyl (C=O) groups is 2. The van der Waals surface area contributed by atoms with Crippen molar-refractivity contribution in [2.75, 3.05) is 24.5 Å². The second-order valence-electron chi connectivity index (χ2n) is 8.52. The fourth-order valence-electron chi connectivity index (χ4n) is 4.65. The predicted octanol–water partition coefficient (Wildman–Crippen LogP) is 3.52. The van der Waals surface area contributed by atoms with Crippen LogP contribution < -0.4 is 10.2 Å². The molecule has 0 aliphatic carbocycles. The maximum Gasteiger partial charge on any atom is 0.243 e. The predicted molar refractivity (Wildman–Crippen MR) is 119 cm³/mol. The molecule has 0 saturated carbocycles. The summed E-state index contributed by atoms with van der Waals surface area (Å²) in [5, 5.41) is 3.10. The molecular weight excluding hydrogens is 393 g/mol. The van der Waals surface area contributed by atoms with Crippen molar-refractivity contribution in [2.45, 2.75) is 45.2 Å². The van der Waals surface area contributed by atoms with Crippen LogP contribution in [0.1, 0.15) is 37.3 Å². The third-order valence-electron chi connectivity index (χ3n) is 6.47. The van der Waals surface area contributed by atoms with Crippen molar-refractivity contribution in [3.63, 3.8) is 0 Å². The van der Waals surface area contributed by atoms with E-state index in [4.69, 9.17) is 0 Å². The average molecular weight is 424 g/mol. The van der Waals surface area contributed by atoms with Gasteiger partial charge in [0, 0.05) is 37.2 Å². The number of hydrogen-bond donors (Lipinski definition) is 1. The van der Waals surface area contributed by atoms with Crippen molar-refractivity contribution in [2.24, 2.45) is 5.92 Å². The maximum absolute atomic E-state index is 13.9. The molecule has 4 rings (SSSR count). The number of benzene rings is 2. The van der Waals surface area contributed by atoms with Gasteiger partial charge in [0.05, 0.1) is 0 Å². The van der Waals surface area contributed by atoms with Crippen LogP contribution in [0.4, 0.5) is 10.1 Å². The molecule has 0 radical (unpaired) electrons. The SMILES string of the molecule is CCC(=O)N1c2ccccc2C[C@@H]1C(=O)NCC1CCN(Cc2ccccc2F)CC1. The van der Waals surface area contributed by atoms with E-state index in [1.807, 2.05) is 43.3 Å². The van der Waals surface area contributed by atoms with Gasteiger partial charge in [-0.3, -0.25) is 19.4 Å². The number of likely N-dealkylation sites (tertiary alicyclic amines) is 1. The molecule has 0 aromatic heterocycles. The first-order valence-electron chi connectivity index (χ1n) is 11.2. The fraction of sp³-hybridized carbons (Fsp3) is 0.440. The molecule has 164 valence electrons. The monoisotopic (exact) mass is 423 g/mol. The number of nitrogens with one attached hydrogen (secondary N) is 1. The van der Waals surface area contributed by atoms with E-state index in [2.05, 4.69) is 10.2 Å². The number of amides is 2.